The Bertz CT molecular complexity index is 315. The zero-order valence-electron chi connectivity index (χ0n) is 9.45. The van der Waals surface area contributed by atoms with E-state index >= 15 is 0 Å². The molecule has 17 heavy (non-hydrogen) atoms. The molecule has 0 saturated heterocycles. The predicted octanol–water partition coefficient (Wildman–Crippen LogP) is 2.42. The van der Waals surface area contributed by atoms with Crippen molar-refractivity contribution < 1.29 is 19.1 Å². The van der Waals surface area contributed by atoms with Crippen LogP contribution in [0.25, 0.3) is 0 Å². The summed E-state index contributed by atoms with van der Waals surface area (Å²) >= 11 is 10.6. The number of hydrogen-bond donors (Lipinski definition) is 0. The van der Waals surface area contributed by atoms with E-state index in [0.717, 1.165) is 6.08 Å². The van der Waals surface area contributed by atoms with E-state index in [1.807, 2.05) is 0 Å². The standard InChI is InChI=1S/C11H14Cl2O4/c1-3-8(17-10(15)4-2)5-7(11(13)16)6-9(12)14/h4,7-8H,2-3,5-6H2,1H3. The molecule has 4 nitrogen and oxygen atoms in total. The van der Waals surface area contributed by atoms with Crippen LogP contribution in [0, 0.1) is 5.92 Å². The highest BCUT2D eigenvalue weighted by atomic mass is 35.5. The average molecular weight is 281 g/mol. The summed E-state index contributed by atoms with van der Waals surface area (Å²) in [6.45, 7) is 5.06. The van der Waals surface area contributed by atoms with Gasteiger partial charge in [-0.05, 0) is 36.0 Å². The summed E-state index contributed by atoms with van der Waals surface area (Å²) in [7, 11) is 0. The second-order valence-corrected chi connectivity index (χ2v) is 4.26. The monoisotopic (exact) mass is 280 g/mol. The van der Waals surface area contributed by atoms with Crippen LogP contribution in [0.3, 0.4) is 0 Å². The fourth-order valence-corrected chi connectivity index (χ4v) is 1.63. The van der Waals surface area contributed by atoms with E-state index in [9.17, 15) is 14.4 Å². The van der Waals surface area contributed by atoms with Crippen molar-refractivity contribution in [2.24, 2.45) is 5.92 Å². The minimum absolute atomic E-state index is 0.161. The van der Waals surface area contributed by atoms with Crippen LogP contribution < -0.4 is 0 Å². The number of carbonyl (C=O) groups excluding carboxylic acids is 3. The first-order valence-corrected chi connectivity index (χ1v) is 5.87. The number of carbonyl (C=O) groups is 3. The van der Waals surface area contributed by atoms with E-state index in [0.29, 0.717) is 6.42 Å². The lowest BCUT2D eigenvalue weighted by atomic mass is 9.98. The van der Waals surface area contributed by atoms with Crippen LogP contribution in [0.2, 0.25) is 0 Å². The Labute approximate surface area is 110 Å². The summed E-state index contributed by atoms with van der Waals surface area (Å²) in [4.78, 5) is 32.8. The lowest BCUT2D eigenvalue weighted by Gasteiger charge is -2.18. The molecule has 0 aliphatic carbocycles. The normalized spacial score (nSPS) is 13.6. The molecule has 0 saturated carbocycles. The summed E-state index contributed by atoms with van der Waals surface area (Å²) in [6, 6.07) is 0. The first-order chi connectivity index (χ1) is 7.90. The molecule has 0 aliphatic rings. The molecular weight excluding hydrogens is 267 g/mol. The molecule has 0 aliphatic heterocycles. The highest BCUT2D eigenvalue weighted by Crippen LogP contribution is 2.20. The van der Waals surface area contributed by atoms with Gasteiger partial charge in [-0.25, -0.2) is 4.79 Å². The summed E-state index contributed by atoms with van der Waals surface area (Å²) in [6.07, 6.45) is 1.08. The molecular formula is C11H14Cl2O4. The molecule has 0 aromatic rings. The fraction of sp³-hybridized carbons (Fsp3) is 0.545. The average Bonchev–Trinajstić information content (AvgIpc) is 2.25. The third-order valence-electron chi connectivity index (χ3n) is 2.18. The molecule has 0 rings (SSSR count). The van der Waals surface area contributed by atoms with Crippen molar-refractivity contribution in [1.29, 1.82) is 0 Å². The lowest BCUT2D eigenvalue weighted by molar-refractivity contribution is -0.144. The van der Waals surface area contributed by atoms with Crippen molar-refractivity contribution in [2.45, 2.75) is 32.3 Å². The zero-order valence-corrected chi connectivity index (χ0v) is 11.0. The van der Waals surface area contributed by atoms with Gasteiger partial charge in [0.05, 0.1) is 0 Å². The molecule has 2 unspecified atom stereocenters. The van der Waals surface area contributed by atoms with Crippen molar-refractivity contribution in [1.82, 2.24) is 0 Å². The zero-order chi connectivity index (χ0) is 13.4. The van der Waals surface area contributed by atoms with Gasteiger partial charge in [-0.1, -0.05) is 13.5 Å². The number of halogens is 2. The Morgan fingerprint density at radius 1 is 1.35 bits per heavy atom. The predicted molar refractivity (Wildman–Crippen MR) is 64.8 cm³/mol. The maximum atomic E-state index is 11.1. The Morgan fingerprint density at radius 3 is 2.29 bits per heavy atom. The van der Waals surface area contributed by atoms with Gasteiger partial charge in [-0.3, -0.25) is 9.59 Å². The molecule has 0 heterocycles. The largest absolute Gasteiger partial charge is 0.459 e. The molecule has 0 amide bonds. The summed E-state index contributed by atoms with van der Waals surface area (Å²) in [5.74, 6) is -1.31. The van der Waals surface area contributed by atoms with Crippen LogP contribution >= 0.6 is 23.2 Å². The molecule has 0 spiro atoms. The smallest absolute Gasteiger partial charge is 0.330 e. The van der Waals surface area contributed by atoms with Gasteiger partial charge >= 0.3 is 5.97 Å². The minimum Gasteiger partial charge on any atom is -0.459 e. The van der Waals surface area contributed by atoms with Gasteiger partial charge in [-0.2, -0.15) is 0 Å². The Balaban J connectivity index is 4.48. The van der Waals surface area contributed by atoms with Crippen molar-refractivity contribution in [3.63, 3.8) is 0 Å². The van der Waals surface area contributed by atoms with Crippen LogP contribution in [-0.4, -0.2) is 22.6 Å². The molecule has 0 bridgehead atoms. The van der Waals surface area contributed by atoms with E-state index in [1.54, 1.807) is 6.92 Å². The van der Waals surface area contributed by atoms with Crippen molar-refractivity contribution in [3.05, 3.63) is 12.7 Å². The number of rotatable bonds is 8. The molecule has 0 aromatic carbocycles. The second-order valence-electron chi connectivity index (χ2n) is 3.47. The van der Waals surface area contributed by atoms with Crippen molar-refractivity contribution in [3.8, 4) is 0 Å². The van der Waals surface area contributed by atoms with Crippen molar-refractivity contribution in [2.75, 3.05) is 0 Å². The van der Waals surface area contributed by atoms with E-state index in [-0.39, 0.29) is 12.8 Å². The van der Waals surface area contributed by atoms with Gasteiger partial charge in [0.1, 0.15) is 6.10 Å². The van der Waals surface area contributed by atoms with Crippen LogP contribution in [0.5, 0.6) is 0 Å². The number of hydrogen-bond acceptors (Lipinski definition) is 4. The molecule has 2 atom stereocenters. The molecule has 0 radical (unpaired) electrons. The van der Waals surface area contributed by atoms with E-state index in [2.05, 4.69) is 6.58 Å². The Morgan fingerprint density at radius 2 is 1.94 bits per heavy atom. The molecule has 0 fully saturated rings. The summed E-state index contributed by atoms with van der Waals surface area (Å²) in [5.41, 5.74) is 0. The Kier molecular flexibility index (Phi) is 7.83. The van der Waals surface area contributed by atoms with Gasteiger partial charge < -0.3 is 4.74 Å². The van der Waals surface area contributed by atoms with Gasteiger partial charge in [0, 0.05) is 18.4 Å². The van der Waals surface area contributed by atoms with E-state index in [4.69, 9.17) is 27.9 Å². The van der Waals surface area contributed by atoms with Crippen LogP contribution in [0.15, 0.2) is 12.7 Å². The van der Waals surface area contributed by atoms with Gasteiger partial charge in [-0.15, -0.1) is 0 Å². The fourth-order valence-electron chi connectivity index (χ4n) is 1.28. The van der Waals surface area contributed by atoms with Crippen LogP contribution in [-0.2, 0) is 19.1 Å². The third-order valence-corrected chi connectivity index (χ3v) is 2.64. The molecule has 6 heteroatoms. The van der Waals surface area contributed by atoms with Gasteiger partial charge in [0.25, 0.3) is 0 Å². The first-order valence-electron chi connectivity index (χ1n) is 5.11. The maximum Gasteiger partial charge on any atom is 0.330 e. The highest BCUT2D eigenvalue weighted by molar-refractivity contribution is 6.66. The van der Waals surface area contributed by atoms with E-state index in [1.165, 1.54) is 0 Å². The van der Waals surface area contributed by atoms with E-state index < -0.39 is 28.5 Å². The van der Waals surface area contributed by atoms with Crippen LogP contribution in [0.4, 0.5) is 0 Å². The number of ether oxygens (including phenoxy) is 1. The second kappa shape index (κ2) is 8.25. The summed E-state index contributed by atoms with van der Waals surface area (Å²) in [5, 5.41) is -1.30. The molecule has 0 aromatic heterocycles. The minimum atomic E-state index is -0.732. The first kappa shape index (κ1) is 16.1. The molecule has 0 N–H and O–H groups in total. The summed E-state index contributed by atoms with van der Waals surface area (Å²) < 4.78 is 4.99. The van der Waals surface area contributed by atoms with Crippen LogP contribution in [0.1, 0.15) is 26.2 Å². The topological polar surface area (TPSA) is 60.4 Å². The SMILES string of the molecule is C=CC(=O)OC(CC)CC(CC(=O)Cl)C(=O)Cl. The number of esters is 1. The highest BCUT2D eigenvalue weighted by Gasteiger charge is 2.24. The molecule has 96 valence electrons. The lowest BCUT2D eigenvalue weighted by Crippen LogP contribution is -2.23. The third kappa shape index (κ3) is 7.13. The Hall–Kier alpha value is -0.870. The van der Waals surface area contributed by atoms with Crippen molar-refractivity contribution >= 4 is 39.7 Å². The van der Waals surface area contributed by atoms with Gasteiger partial charge in [0.15, 0.2) is 0 Å². The van der Waals surface area contributed by atoms with Gasteiger partial charge in [0.2, 0.25) is 10.5 Å². The maximum absolute atomic E-state index is 11.1. The quantitative estimate of drug-likeness (QED) is 0.389.